The predicted molar refractivity (Wildman–Crippen MR) is 110 cm³/mol. The molecular weight excluding hydrogens is 367 g/mol. The molecule has 7 heteroatoms. The number of hydrogen-bond acceptors (Lipinski definition) is 4. The summed E-state index contributed by atoms with van der Waals surface area (Å²) in [4.78, 5) is 4.73. The van der Waals surface area contributed by atoms with Gasteiger partial charge in [-0.1, -0.05) is 13.8 Å². The smallest absolute Gasteiger partial charge is 0.160 e. The van der Waals surface area contributed by atoms with E-state index in [9.17, 15) is 4.39 Å². The second kappa shape index (κ2) is 7.08. The van der Waals surface area contributed by atoms with Crippen molar-refractivity contribution >= 4 is 5.65 Å². The summed E-state index contributed by atoms with van der Waals surface area (Å²) in [5.41, 5.74) is 4.67. The minimum Gasteiger partial charge on any atom is -0.326 e. The summed E-state index contributed by atoms with van der Waals surface area (Å²) in [6, 6.07) is 10.9. The lowest BCUT2D eigenvalue weighted by Crippen LogP contribution is -2.13. The Morgan fingerprint density at radius 2 is 1.86 bits per heavy atom. The van der Waals surface area contributed by atoms with Crippen molar-refractivity contribution in [3.8, 4) is 22.5 Å². The van der Waals surface area contributed by atoms with Crippen molar-refractivity contribution in [3.05, 3.63) is 60.6 Å². The zero-order chi connectivity index (χ0) is 20.0. The van der Waals surface area contributed by atoms with E-state index in [-0.39, 0.29) is 11.7 Å². The monoisotopic (exact) mass is 390 g/mol. The molecule has 1 saturated heterocycles. The SMILES string of the molecule is CC(C)c1nnc2ccc(-c3c(-c4ccc(F)cc4)ncn3C3CCNC3)cn12. The lowest BCUT2D eigenvalue weighted by molar-refractivity contribution is 0.551. The van der Waals surface area contributed by atoms with Crippen molar-refractivity contribution in [1.29, 1.82) is 0 Å². The highest BCUT2D eigenvalue weighted by Gasteiger charge is 2.24. The van der Waals surface area contributed by atoms with Crippen LogP contribution in [0.3, 0.4) is 0 Å². The molecule has 29 heavy (non-hydrogen) atoms. The molecule has 0 amide bonds. The number of rotatable bonds is 4. The first-order valence-corrected chi connectivity index (χ1v) is 10.0. The number of fused-ring (bicyclic) bond motifs is 1. The number of pyridine rings is 1. The van der Waals surface area contributed by atoms with Crippen LogP contribution in [0.5, 0.6) is 0 Å². The van der Waals surface area contributed by atoms with E-state index in [1.54, 1.807) is 12.1 Å². The first kappa shape index (κ1) is 18.0. The van der Waals surface area contributed by atoms with Crippen LogP contribution in [0, 0.1) is 5.82 Å². The summed E-state index contributed by atoms with van der Waals surface area (Å²) >= 11 is 0. The number of aromatic nitrogens is 5. The van der Waals surface area contributed by atoms with Crippen molar-refractivity contribution in [2.45, 2.75) is 32.2 Å². The van der Waals surface area contributed by atoms with Crippen LogP contribution in [0.15, 0.2) is 48.9 Å². The van der Waals surface area contributed by atoms with E-state index < -0.39 is 0 Å². The molecular formula is C22H23FN6. The number of nitrogens with one attached hydrogen (secondary N) is 1. The van der Waals surface area contributed by atoms with Crippen LogP contribution in [0.4, 0.5) is 4.39 Å². The van der Waals surface area contributed by atoms with Gasteiger partial charge >= 0.3 is 0 Å². The van der Waals surface area contributed by atoms with Crippen molar-refractivity contribution in [3.63, 3.8) is 0 Å². The Hall–Kier alpha value is -3.06. The molecule has 1 atom stereocenters. The van der Waals surface area contributed by atoms with Gasteiger partial charge in [0, 0.05) is 35.8 Å². The predicted octanol–water partition coefficient (Wildman–Crippen LogP) is 4.06. The molecule has 1 aromatic carbocycles. The molecule has 148 valence electrons. The Labute approximate surface area is 168 Å². The average molecular weight is 390 g/mol. The molecule has 4 heterocycles. The number of nitrogens with zero attached hydrogens (tertiary/aromatic N) is 5. The van der Waals surface area contributed by atoms with Gasteiger partial charge in [-0.15, -0.1) is 10.2 Å². The van der Waals surface area contributed by atoms with Crippen LogP contribution in [0.1, 0.15) is 38.1 Å². The van der Waals surface area contributed by atoms with E-state index in [1.807, 2.05) is 12.4 Å². The maximum atomic E-state index is 13.5. The maximum absolute atomic E-state index is 13.5. The highest BCUT2D eigenvalue weighted by molar-refractivity contribution is 5.79. The third-order valence-corrected chi connectivity index (χ3v) is 5.56. The normalized spacial score (nSPS) is 16.9. The van der Waals surface area contributed by atoms with Gasteiger partial charge in [0.2, 0.25) is 0 Å². The van der Waals surface area contributed by atoms with E-state index in [0.717, 1.165) is 53.5 Å². The minimum atomic E-state index is -0.248. The minimum absolute atomic E-state index is 0.248. The van der Waals surface area contributed by atoms with Gasteiger partial charge in [-0.3, -0.25) is 4.40 Å². The maximum Gasteiger partial charge on any atom is 0.160 e. The zero-order valence-corrected chi connectivity index (χ0v) is 16.5. The average Bonchev–Trinajstić information content (AvgIpc) is 3.46. The van der Waals surface area contributed by atoms with Crippen LogP contribution in [-0.4, -0.2) is 37.2 Å². The Morgan fingerprint density at radius 3 is 2.59 bits per heavy atom. The molecule has 0 saturated carbocycles. The van der Waals surface area contributed by atoms with Gasteiger partial charge in [0.05, 0.1) is 17.7 Å². The second-order valence-corrected chi connectivity index (χ2v) is 7.86. The van der Waals surface area contributed by atoms with Crippen LogP contribution < -0.4 is 5.32 Å². The number of hydrogen-bond donors (Lipinski definition) is 1. The standard InChI is InChI=1S/C22H23FN6/c1-14(2)22-27-26-19-8-5-16(12-28(19)22)21-20(15-3-6-17(23)7-4-15)25-13-29(21)18-9-10-24-11-18/h3-8,12-14,18,24H,9-11H2,1-2H3. The van der Waals surface area contributed by atoms with Crippen LogP contribution >= 0.6 is 0 Å². The van der Waals surface area contributed by atoms with E-state index in [2.05, 4.69) is 50.6 Å². The largest absolute Gasteiger partial charge is 0.326 e. The Balaban J connectivity index is 1.71. The van der Waals surface area contributed by atoms with Gasteiger partial charge in [0.15, 0.2) is 5.65 Å². The molecule has 1 N–H and O–H groups in total. The van der Waals surface area contributed by atoms with Crippen molar-refractivity contribution in [2.24, 2.45) is 0 Å². The molecule has 3 aromatic heterocycles. The van der Waals surface area contributed by atoms with E-state index in [1.165, 1.54) is 12.1 Å². The van der Waals surface area contributed by atoms with Gasteiger partial charge in [-0.2, -0.15) is 0 Å². The van der Waals surface area contributed by atoms with Crippen molar-refractivity contribution in [2.75, 3.05) is 13.1 Å². The Morgan fingerprint density at radius 1 is 1.07 bits per heavy atom. The fraction of sp³-hybridized carbons (Fsp3) is 0.318. The van der Waals surface area contributed by atoms with Crippen molar-refractivity contribution < 1.29 is 4.39 Å². The Bertz CT molecular complexity index is 1150. The summed E-state index contributed by atoms with van der Waals surface area (Å²) in [5.74, 6) is 0.946. The van der Waals surface area contributed by atoms with Crippen LogP contribution in [-0.2, 0) is 0 Å². The summed E-state index contributed by atoms with van der Waals surface area (Å²) < 4.78 is 17.8. The summed E-state index contributed by atoms with van der Waals surface area (Å²) in [5, 5.41) is 12.1. The summed E-state index contributed by atoms with van der Waals surface area (Å²) in [6.07, 6.45) is 5.05. The first-order valence-electron chi connectivity index (χ1n) is 10.0. The summed E-state index contributed by atoms with van der Waals surface area (Å²) in [7, 11) is 0. The van der Waals surface area contributed by atoms with Gasteiger partial charge in [-0.05, 0) is 49.4 Å². The van der Waals surface area contributed by atoms with Gasteiger partial charge in [0.1, 0.15) is 11.6 Å². The van der Waals surface area contributed by atoms with Crippen LogP contribution in [0.25, 0.3) is 28.2 Å². The third-order valence-electron chi connectivity index (χ3n) is 5.56. The van der Waals surface area contributed by atoms with E-state index in [0.29, 0.717) is 6.04 Å². The molecule has 1 aliphatic rings. The fourth-order valence-electron chi connectivity index (χ4n) is 4.06. The van der Waals surface area contributed by atoms with E-state index in [4.69, 9.17) is 4.98 Å². The molecule has 4 aromatic rings. The van der Waals surface area contributed by atoms with Gasteiger partial charge in [-0.25, -0.2) is 9.37 Å². The molecule has 0 radical (unpaired) electrons. The number of imidazole rings is 1. The number of halogens is 1. The molecule has 1 unspecified atom stereocenters. The molecule has 0 bridgehead atoms. The first-order chi connectivity index (χ1) is 14.1. The lowest BCUT2D eigenvalue weighted by Gasteiger charge is -2.16. The summed E-state index contributed by atoms with van der Waals surface area (Å²) in [6.45, 7) is 6.14. The lowest BCUT2D eigenvalue weighted by atomic mass is 10.0. The molecule has 1 fully saturated rings. The fourth-order valence-corrected chi connectivity index (χ4v) is 4.06. The zero-order valence-electron chi connectivity index (χ0n) is 16.5. The quantitative estimate of drug-likeness (QED) is 0.571. The molecule has 0 spiro atoms. The topological polar surface area (TPSA) is 60.0 Å². The van der Waals surface area contributed by atoms with E-state index >= 15 is 0 Å². The van der Waals surface area contributed by atoms with Crippen LogP contribution in [0.2, 0.25) is 0 Å². The number of benzene rings is 1. The molecule has 1 aliphatic heterocycles. The molecule has 6 nitrogen and oxygen atoms in total. The van der Waals surface area contributed by atoms with Gasteiger partial charge in [0.25, 0.3) is 0 Å². The highest BCUT2D eigenvalue weighted by Crippen LogP contribution is 2.35. The van der Waals surface area contributed by atoms with Gasteiger partial charge < -0.3 is 9.88 Å². The molecule has 5 rings (SSSR count). The van der Waals surface area contributed by atoms with Crippen molar-refractivity contribution in [1.82, 2.24) is 29.5 Å². The second-order valence-electron chi connectivity index (χ2n) is 7.86. The molecule has 0 aliphatic carbocycles. The highest BCUT2D eigenvalue weighted by atomic mass is 19.1. The third kappa shape index (κ3) is 3.11. The Kier molecular flexibility index (Phi) is 4.39.